The van der Waals surface area contributed by atoms with Gasteiger partial charge in [-0.25, -0.2) is 0 Å². The zero-order chi connectivity index (χ0) is 6.91. The van der Waals surface area contributed by atoms with Crippen molar-refractivity contribution < 1.29 is 0 Å². The summed E-state index contributed by atoms with van der Waals surface area (Å²) in [6, 6.07) is 0. The van der Waals surface area contributed by atoms with Crippen LogP contribution >= 0.6 is 0 Å². The van der Waals surface area contributed by atoms with Crippen LogP contribution < -0.4 is 16.8 Å². The summed E-state index contributed by atoms with van der Waals surface area (Å²) >= 11 is 0. The summed E-state index contributed by atoms with van der Waals surface area (Å²) < 4.78 is 0. The molecule has 0 fully saturated rings. The molecule has 0 aromatic heterocycles. The molecule has 0 saturated carbocycles. The van der Waals surface area contributed by atoms with E-state index in [0.717, 1.165) is 0 Å². The number of nitrogens with two attached hydrogens (primary N) is 2. The van der Waals surface area contributed by atoms with Crippen LogP contribution in [-0.2, 0) is 0 Å². The highest BCUT2D eigenvalue weighted by molar-refractivity contribution is 5.20. The van der Waals surface area contributed by atoms with Crippen molar-refractivity contribution in [2.45, 2.75) is 12.6 Å². The van der Waals surface area contributed by atoms with E-state index >= 15 is 0 Å². The Morgan fingerprint density at radius 1 is 1.67 bits per heavy atom. The SMILES string of the molecule is CC1(N)C=CC=C(N)N1. The van der Waals surface area contributed by atoms with E-state index in [-0.39, 0.29) is 0 Å². The van der Waals surface area contributed by atoms with Crippen LogP contribution in [-0.4, -0.2) is 5.66 Å². The molecule has 0 amide bonds. The van der Waals surface area contributed by atoms with E-state index < -0.39 is 5.66 Å². The first-order valence-corrected chi connectivity index (χ1v) is 2.82. The van der Waals surface area contributed by atoms with Crippen molar-refractivity contribution in [2.75, 3.05) is 0 Å². The predicted molar refractivity (Wildman–Crippen MR) is 37.1 cm³/mol. The maximum absolute atomic E-state index is 5.65. The lowest BCUT2D eigenvalue weighted by molar-refractivity contribution is 0.494. The van der Waals surface area contributed by atoms with Gasteiger partial charge < -0.3 is 16.8 Å². The third kappa shape index (κ3) is 1.47. The average molecular weight is 125 g/mol. The molecule has 0 aliphatic carbocycles. The van der Waals surface area contributed by atoms with Crippen molar-refractivity contribution in [3.05, 3.63) is 24.0 Å². The lowest BCUT2D eigenvalue weighted by Crippen LogP contribution is -2.51. The summed E-state index contributed by atoms with van der Waals surface area (Å²) in [5.41, 5.74) is 10.6. The molecule has 0 spiro atoms. The topological polar surface area (TPSA) is 64.1 Å². The number of allylic oxidation sites excluding steroid dienone is 2. The van der Waals surface area contributed by atoms with E-state index in [1.807, 2.05) is 19.1 Å². The van der Waals surface area contributed by atoms with Crippen LogP contribution in [0.1, 0.15) is 6.92 Å². The third-order valence-electron chi connectivity index (χ3n) is 1.13. The van der Waals surface area contributed by atoms with Gasteiger partial charge in [-0.1, -0.05) is 6.08 Å². The average Bonchev–Trinajstić information content (AvgIpc) is 1.60. The maximum Gasteiger partial charge on any atom is 0.103 e. The summed E-state index contributed by atoms with van der Waals surface area (Å²) in [6.07, 6.45) is 5.46. The van der Waals surface area contributed by atoms with Gasteiger partial charge in [0.15, 0.2) is 0 Å². The maximum atomic E-state index is 5.65. The molecule has 0 radical (unpaired) electrons. The highest BCUT2D eigenvalue weighted by Gasteiger charge is 2.14. The van der Waals surface area contributed by atoms with Crippen LogP contribution in [0.3, 0.4) is 0 Å². The minimum absolute atomic E-state index is 0.473. The molecule has 1 rings (SSSR count). The molecule has 0 saturated heterocycles. The molecule has 3 heteroatoms. The van der Waals surface area contributed by atoms with Crippen LogP contribution in [0.25, 0.3) is 0 Å². The van der Waals surface area contributed by atoms with E-state index in [4.69, 9.17) is 11.5 Å². The summed E-state index contributed by atoms with van der Waals surface area (Å²) in [7, 11) is 0. The van der Waals surface area contributed by atoms with Crippen molar-refractivity contribution in [1.29, 1.82) is 0 Å². The van der Waals surface area contributed by atoms with Crippen LogP contribution in [0.5, 0.6) is 0 Å². The van der Waals surface area contributed by atoms with Gasteiger partial charge in [-0.15, -0.1) is 0 Å². The number of dihydropyridines is 1. The summed E-state index contributed by atoms with van der Waals surface area (Å²) in [5.74, 6) is 0.613. The van der Waals surface area contributed by atoms with Gasteiger partial charge in [0.25, 0.3) is 0 Å². The smallest absolute Gasteiger partial charge is 0.103 e. The van der Waals surface area contributed by atoms with Crippen LogP contribution in [0.15, 0.2) is 24.0 Å². The largest absolute Gasteiger partial charge is 0.385 e. The standard InChI is InChI=1S/C6H11N3/c1-6(8)4-2-3-5(7)9-6/h2-4,9H,7-8H2,1H3. The predicted octanol–water partition coefficient (Wildman–Crippen LogP) is -0.379. The van der Waals surface area contributed by atoms with Crippen molar-refractivity contribution in [2.24, 2.45) is 11.5 Å². The molecule has 1 aliphatic rings. The first-order valence-electron chi connectivity index (χ1n) is 2.82. The fraction of sp³-hybridized carbons (Fsp3) is 0.333. The fourth-order valence-electron chi connectivity index (χ4n) is 0.746. The Balaban J connectivity index is 2.73. The Kier molecular flexibility index (Phi) is 1.21. The van der Waals surface area contributed by atoms with Crippen molar-refractivity contribution in [1.82, 2.24) is 5.32 Å². The molecule has 9 heavy (non-hydrogen) atoms. The van der Waals surface area contributed by atoms with Crippen molar-refractivity contribution in [3.63, 3.8) is 0 Å². The van der Waals surface area contributed by atoms with Crippen molar-refractivity contribution in [3.8, 4) is 0 Å². The highest BCUT2D eigenvalue weighted by Crippen LogP contribution is 2.03. The molecule has 1 atom stereocenters. The Labute approximate surface area is 54.4 Å². The first kappa shape index (κ1) is 6.16. The van der Waals surface area contributed by atoms with Gasteiger partial charge in [0.1, 0.15) is 5.66 Å². The molecule has 50 valence electrons. The van der Waals surface area contributed by atoms with E-state index in [0.29, 0.717) is 5.82 Å². The molecule has 1 unspecified atom stereocenters. The second-order valence-electron chi connectivity index (χ2n) is 2.39. The Morgan fingerprint density at radius 3 is 2.67 bits per heavy atom. The zero-order valence-corrected chi connectivity index (χ0v) is 5.39. The third-order valence-corrected chi connectivity index (χ3v) is 1.13. The van der Waals surface area contributed by atoms with E-state index in [9.17, 15) is 0 Å². The molecular formula is C6H11N3. The number of hydrogen-bond donors (Lipinski definition) is 3. The molecule has 0 aromatic rings. The molecule has 0 aromatic carbocycles. The van der Waals surface area contributed by atoms with Crippen LogP contribution in [0.2, 0.25) is 0 Å². The molecule has 1 aliphatic heterocycles. The summed E-state index contributed by atoms with van der Waals surface area (Å²) in [5, 5.41) is 2.89. The Morgan fingerprint density at radius 2 is 2.33 bits per heavy atom. The second kappa shape index (κ2) is 1.77. The molecule has 5 N–H and O–H groups in total. The van der Waals surface area contributed by atoms with Crippen molar-refractivity contribution >= 4 is 0 Å². The minimum Gasteiger partial charge on any atom is -0.385 e. The van der Waals surface area contributed by atoms with E-state index in [2.05, 4.69) is 5.32 Å². The van der Waals surface area contributed by atoms with Crippen LogP contribution in [0.4, 0.5) is 0 Å². The van der Waals surface area contributed by atoms with Gasteiger partial charge in [-0.05, 0) is 19.1 Å². The molecular weight excluding hydrogens is 114 g/mol. The first-order chi connectivity index (χ1) is 4.10. The zero-order valence-electron chi connectivity index (χ0n) is 5.39. The van der Waals surface area contributed by atoms with Gasteiger partial charge in [0.2, 0.25) is 0 Å². The number of hydrogen-bond acceptors (Lipinski definition) is 3. The summed E-state index contributed by atoms with van der Waals surface area (Å²) in [4.78, 5) is 0. The highest BCUT2D eigenvalue weighted by atomic mass is 15.1. The normalized spacial score (nSPS) is 33.3. The minimum atomic E-state index is -0.473. The lowest BCUT2D eigenvalue weighted by atomic mass is 10.1. The Hall–Kier alpha value is -0.960. The Bertz CT molecular complexity index is 167. The number of nitrogens with one attached hydrogen (secondary N) is 1. The monoisotopic (exact) mass is 125 g/mol. The van der Waals surface area contributed by atoms with Gasteiger partial charge >= 0.3 is 0 Å². The second-order valence-corrected chi connectivity index (χ2v) is 2.39. The molecule has 1 heterocycles. The number of rotatable bonds is 0. The summed E-state index contributed by atoms with van der Waals surface area (Å²) in [6.45, 7) is 1.85. The molecule has 3 nitrogen and oxygen atoms in total. The van der Waals surface area contributed by atoms with Gasteiger partial charge in [-0.3, -0.25) is 0 Å². The molecule has 0 bridgehead atoms. The van der Waals surface area contributed by atoms with Gasteiger partial charge in [0, 0.05) is 0 Å². The fourth-order valence-corrected chi connectivity index (χ4v) is 0.746. The lowest BCUT2D eigenvalue weighted by Gasteiger charge is -2.25. The van der Waals surface area contributed by atoms with Crippen LogP contribution in [0, 0.1) is 0 Å². The van der Waals surface area contributed by atoms with Gasteiger partial charge in [0.05, 0.1) is 5.82 Å². The van der Waals surface area contributed by atoms with Gasteiger partial charge in [-0.2, -0.15) is 0 Å². The quantitative estimate of drug-likeness (QED) is 0.413. The van der Waals surface area contributed by atoms with E-state index in [1.54, 1.807) is 6.08 Å². The van der Waals surface area contributed by atoms with E-state index in [1.165, 1.54) is 0 Å².